The standard InChI is InChI=1S/C22H21ClF3N5O5/c1-29-18-17(19(33)30(21(29)34)8-3-9-32)31(12-13-6-7-16(23)27-11-13)20(28-18)35-14-4-2-5-15(10-14)36-22(24,25)26/h2,4-7,10-11,20,28,32H,3,8-9,12H2,1H3. The van der Waals surface area contributed by atoms with Gasteiger partial charge in [-0.05, 0) is 30.2 Å². The number of ether oxygens (including phenoxy) is 2. The minimum atomic E-state index is -4.88. The first-order valence-corrected chi connectivity index (χ1v) is 11.1. The van der Waals surface area contributed by atoms with Crippen molar-refractivity contribution < 1.29 is 27.8 Å². The van der Waals surface area contributed by atoms with Crippen LogP contribution >= 0.6 is 11.6 Å². The zero-order chi connectivity index (χ0) is 26.0. The summed E-state index contributed by atoms with van der Waals surface area (Å²) in [5.74, 6) is -0.297. The first-order valence-electron chi connectivity index (χ1n) is 10.7. The number of benzene rings is 1. The van der Waals surface area contributed by atoms with Crippen LogP contribution in [0.15, 0.2) is 52.2 Å². The number of anilines is 2. The molecule has 2 N–H and O–H groups in total. The van der Waals surface area contributed by atoms with E-state index in [-0.39, 0.29) is 48.5 Å². The third-order valence-electron chi connectivity index (χ3n) is 5.32. The maximum Gasteiger partial charge on any atom is 0.573 e. The van der Waals surface area contributed by atoms with Gasteiger partial charge >= 0.3 is 12.1 Å². The molecular weight excluding hydrogens is 507 g/mol. The van der Waals surface area contributed by atoms with Crippen LogP contribution in [-0.2, 0) is 20.1 Å². The topological polar surface area (TPSA) is 111 Å². The number of aliphatic hydroxyl groups is 1. The number of nitrogens with one attached hydrogen (secondary N) is 1. The summed E-state index contributed by atoms with van der Waals surface area (Å²) in [7, 11) is 1.46. The minimum absolute atomic E-state index is 0.00597. The molecule has 1 aromatic carbocycles. The van der Waals surface area contributed by atoms with Crippen molar-refractivity contribution in [2.45, 2.75) is 32.2 Å². The maximum absolute atomic E-state index is 13.4. The lowest BCUT2D eigenvalue weighted by molar-refractivity contribution is -0.274. The van der Waals surface area contributed by atoms with E-state index in [2.05, 4.69) is 15.0 Å². The molecule has 0 amide bonds. The van der Waals surface area contributed by atoms with E-state index in [9.17, 15) is 27.9 Å². The van der Waals surface area contributed by atoms with Crippen LogP contribution in [0.5, 0.6) is 11.5 Å². The summed E-state index contributed by atoms with van der Waals surface area (Å²) >= 11 is 5.87. The average Bonchev–Trinajstić information content (AvgIpc) is 3.16. The fourth-order valence-electron chi connectivity index (χ4n) is 3.74. The normalized spacial score (nSPS) is 14.9. The van der Waals surface area contributed by atoms with Gasteiger partial charge in [-0.3, -0.25) is 13.9 Å². The molecule has 2 aromatic heterocycles. The van der Waals surface area contributed by atoms with E-state index in [1.807, 2.05) is 0 Å². The fraction of sp³-hybridized carbons (Fsp3) is 0.318. The highest BCUT2D eigenvalue weighted by atomic mass is 35.5. The summed E-state index contributed by atoms with van der Waals surface area (Å²) in [5, 5.41) is 12.4. The average molecular weight is 528 g/mol. The van der Waals surface area contributed by atoms with Crippen LogP contribution in [0.3, 0.4) is 0 Å². The van der Waals surface area contributed by atoms with Crippen LogP contribution in [0.25, 0.3) is 0 Å². The zero-order valence-electron chi connectivity index (χ0n) is 18.8. The van der Waals surface area contributed by atoms with Crippen LogP contribution < -0.4 is 30.9 Å². The molecule has 192 valence electrons. The largest absolute Gasteiger partial charge is 0.573 e. The molecule has 0 aliphatic carbocycles. The fourth-order valence-corrected chi connectivity index (χ4v) is 3.85. The van der Waals surface area contributed by atoms with Crippen molar-refractivity contribution >= 4 is 23.1 Å². The summed E-state index contributed by atoms with van der Waals surface area (Å²) in [6, 6.07) is 8.18. The number of pyridine rings is 1. The van der Waals surface area contributed by atoms with Gasteiger partial charge in [-0.25, -0.2) is 9.78 Å². The number of aromatic nitrogens is 3. The van der Waals surface area contributed by atoms with Crippen LogP contribution in [0.4, 0.5) is 24.7 Å². The molecule has 1 aliphatic heterocycles. The quantitative estimate of drug-likeness (QED) is 0.430. The van der Waals surface area contributed by atoms with Crippen LogP contribution in [0.2, 0.25) is 5.15 Å². The van der Waals surface area contributed by atoms with Crippen molar-refractivity contribution in [3.63, 3.8) is 0 Å². The lowest BCUT2D eigenvalue weighted by atomic mass is 10.2. The number of halogens is 4. The Kier molecular flexibility index (Phi) is 7.13. The Labute approximate surface area is 207 Å². The second-order valence-electron chi connectivity index (χ2n) is 7.83. The molecule has 3 aromatic rings. The van der Waals surface area contributed by atoms with E-state index in [0.717, 1.165) is 16.7 Å². The van der Waals surface area contributed by atoms with Crippen LogP contribution in [-0.4, -0.2) is 38.5 Å². The Balaban J connectivity index is 1.74. The van der Waals surface area contributed by atoms with Gasteiger partial charge in [-0.2, -0.15) is 0 Å². The van der Waals surface area contributed by atoms with Crippen molar-refractivity contribution in [2.24, 2.45) is 7.05 Å². The van der Waals surface area contributed by atoms with Gasteiger partial charge in [0.05, 0.1) is 6.54 Å². The highest BCUT2D eigenvalue weighted by Crippen LogP contribution is 2.34. The van der Waals surface area contributed by atoms with E-state index in [1.54, 1.807) is 12.1 Å². The molecule has 4 rings (SSSR count). The minimum Gasteiger partial charge on any atom is -0.452 e. The molecule has 0 saturated carbocycles. The first kappa shape index (κ1) is 25.4. The third-order valence-corrected chi connectivity index (χ3v) is 5.55. The number of fused-ring (bicyclic) bond motifs is 1. The molecule has 0 saturated heterocycles. The number of alkyl halides is 3. The molecule has 1 atom stereocenters. The molecule has 0 spiro atoms. The second kappa shape index (κ2) is 10.1. The Bertz CT molecular complexity index is 1360. The predicted octanol–water partition coefficient (Wildman–Crippen LogP) is 2.67. The Hall–Kier alpha value is -3.71. The summed E-state index contributed by atoms with van der Waals surface area (Å²) in [6.07, 6.45) is -4.27. The first-order chi connectivity index (χ1) is 17.1. The second-order valence-corrected chi connectivity index (χ2v) is 8.21. The highest BCUT2D eigenvalue weighted by molar-refractivity contribution is 6.29. The summed E-state index contributed by atoms with van der Waals surface area (Å²) in [4.78, 5) is 31.7. The number of aliphatic hydroxyl groups excluding tert-OH is 1. The predicted molar refractivity (Wildman–Crippen MR) is 124 cm³/mol. The van der Waals surface area contributed by atoms with Crippen LogP contribution in [0, 0.1) is 0 Å². The summed E-state index contributed by atoms with van der Waals surface area (Å²) in [5.41, 5.74) is -0.463. The van der Waals surface area contributed by atoms with Gasteiger partial charge in [0.2, 0.25) is 0 Å². The molecule has 1 aliphatic rings. The van der Waals surface area contributed by atoms with Crippen molar-refractivity contribution in [1.82, 2.24) is 14.1 Å². The lowest BCUT2D eigenvalue weighted by Crippen LogP contribution is -2.43. The molecule has 10 nitrogen and oxygen atoms in total. The Morgan fingerprint density at radius 1 is 1.19 bits per heavy atom. The van der Waals surface area contributed by atoms with E-state index in [4.69, 9.17) is 16.3 Å². The van der Waals surface area contributed by atoms with Crippen molar-refractivity contribution in [3.05, 3.63) is 74.1 Å². The van der Waals surface area contributed by atoms with E-state index in [0.29, 0.717) is 5.56 Å². The van der Waals surface area contributed by atoms with Gasteiger partial charge in [0.1, 0.15) is 28.2 Å². The molecule has 0 radical (unpaired) electrons. The van der Waals surface area contributed by atoms with E-state index < -0.39 is 29.7 Å². The van der Waals surface area contributed by atoms with Gasteiger partial charge in [-0.15, -0.1) is 13.2 Å². The molecule has 14 heteroatoms. The van der Waals surface area contributed by atoms with Gasteiger partial charge < -0.3 is 24.8 Å². The summed E-state index contributed by atoms with van der Waals surface area (Å²) in [6.45, 7) is -0.137. The van der Waals surface area contributed by atoms with Gasteiger partial charge in [0, 0.05) is 32.5 Å². The third kappa shape index (κ3) is 5.41. The van der Waals surface area contributed by atoms with Gasteiger partial charge in [0.25, 0.3) is 11.9 Å². The van der Waals surface area contributed by atoms with Crippen molar-refractivity contribution in [2.75, 3.05) is 16.8 Å². The molecular formula is C22H21ClF3N5O5. The highest BCUT2D eigenvalue weighted by Gasteiger charge is 2.37. The Morgan fingerprint density at radius 2 is 1.94 bits per heavy atom. The van der Waals surface area contributed by atoms with Crippen molar-refractivity contribution in [3.8, 4) is 11.5 Å². The zero-order valence-corrected chi connectivity index (χ0v) is 19.6. The lowest BCUT2D eigenvalue weighted by Gasteiger charge is -2.26. The van der Waals surface area contributed by atoms with Crippen molar-refractivity contribution in [1.29, 1.82) is 0 Å². The Morgan fingerprint density at radius 3 is 2.61 bits per heavy atom. The van der Waals surface area contributed by atoms with Gasteiger partial charge in [0.15, 0.2) is 0 Å². The summed E-state index contributed by atoms with van der Waals surface area (Å²) < 4.78 is 50.1. The molecule has 1 unspecified atom stereocenters. The number of hydrogen-bond donors (Lipinski definition) is 2. The van der Waals surface area contributed by atoms with Gasteiger partial charge in [-0.1, -0.05) is 23.7 Å². The molecule has 36 heavy (non-hydrogen) atoms. The number of nitrogens with zero attached hydrogens (tertiary/aromatic N) is 4. The smallest absolute Gasteiger partial charge is 0.452 e. The van der Waals surface area contributed by atoms with E-state index in [1.165, 1.54) is 34.8 Å². The number of hydrogen-bond acceptors (Lipinski definition) is 8. The van der Waals surface area contributed by atoms with E-state index >= 15 is 0 Å². The molecule has 3 heterocycles. The van der Waals surface area contributed by atoms with Crippen LogP contribution in [0.1, 0.15) is 12.0 Å². The monoisotopic (exact) mass is 527 g/mol. The maximum atomic E-state index is 13.4. The molecule has 0 fully saturated rings. The molecule has 0 bridgehead atoms. The SMILES string of the molecule is Cn1c2c(c(=O)n(CCCO)c1=O)N(Cc1ccc(Cl)nc1)C(Oc1cccc(OC(F)(F)F)c1)N2. The number of rotatable bonds is 8.